The molecule has 0 spiro atoms. The van der Waals surface area contributed by atoms with Crippen LogP contribution >= 0.6 is 0 Å². The summed E-state index contributed by atoms with van der Waals surface area (Å²) in [6, 6.07) is 21.9. The molecule has 0 aromatic heterocycles. The number of β-lactam (4-membered cyclic amide) rings is 1. The monoisotopic (exact) mass is 480 g/mol. The van der Waals surface area contributed by atoms with Gasteiger partial charge >= 0.3 is 5.97 Å². The van der Waals surface area contributed by atoms with E-state index in [0.717, 1.165) is 16.0 Å². The molecule has 2 aliphatic rings. The molecular weight excluding hydrogens is 456 g/mol. The van der Waals surface area contributed by atoms with Crippen LogP contribution in [0.4, 0.5) is 0 Å². The first-order chi connectivity index (χ1) is 17.5. The highest BCUT2D eigenvalue weighted by Gasteiger charge is 2.55. The molecule has 3 aromatic carbocycles. The summed E-state index contributed by atoms with van der Waals surface area (Å²) >= 11 is 0. The Morgan fingerprint density at radius 1 is 0.861 bits per heavy atom. The number of hydrogen-bond donors (Lipinski definition) is 0. The van der Waals surface area contributed by atoms with E-state index >= 15 is 0 Å². The van der Waals surface area contributed by atoms with E-state index in [0.29, 0.717) is 29.7 Å². The SMILES string of the molecule is COC(=O)c1ccccc1CCN1C(=O)C(N2C(=O)c3ccccc3C2=O)C1C=Cc1ccccc1. The second-order valence-corrected chi connectivity index (χ2v) is 8.66. The summed E-state index contributed by atoms with van der Waals surface area (Å²) in [7, 11) is 1.33. The van der Waals surface area contributed by atoms with Gasteiger partial charge in [-0.05, 0) is 35.7 Å². The van der Waals surface area contributed by atoms with Crippen molar-refractivity contribution in [1.29, 1.82) is 0 Å². The lowest BCUT2D eigenvalue weighted by Gasteiger charge is -2.48. The molecule has 0 radical (unpaired) electrons. The number of nitrogens with zero attached hydrogens (tertiary/aromatic N) is 2. The Labute approximate surface area is 208 Å². The lowest BCUT2D eigenvalue weighted by atomic mass is 9.91. The van der Waals surface area contributed by atoms with Crippen molar-refractivity contribution in [2.24, 2.45) is 0 Å². The molecular formula is C29H24N2O5. The van der Waals surface area contributed by atoms with Gasteiger partial charge in [-0.15, -0.1) is 0 Å². The molecule has 2 heterocycles. The Hall–Kier alpha value is -4.52. The number of rotatable bonds is 7. The van der Waals surface area contributed by atoms with Crippen LogP contribution in [0.2, 0.25) is 0 Å². The topological polar surface area (TPSA) is 84.0 Å². The number of fused-ring (bicyclic) bond motifs is 1. The fraction of sp³-hybridized carbons (Fsp3) is 0.172. The van der Waals surface area contributed by atoms with Gasteiger partial charge in [-0.2, -0.15) is 0 Å². The fourth-order valence-corrected chi connectivity index (χ4v) is 4.81. The van der Waals surface area contributed by atoms with Gasteiger partial charge in [-0.25, -0.2) is 4.79 Å². The largest absolute Gasteiger partial charge is 0.465 e. The third-order valence-corrected chi connectivity index (χ3v) is 6.65. The van der Waals surface area contributed by atoms with Gasteiger partial charge in [0, 0.05) is 6.54 Å². The molecule has 180 valence electrons. The molecule has 2 unspecified atom stereocenters. The van der Waals surface area contributed by atoms with Crippen LogP contribution in [0.3, 0.4) is 0 Å². The quantitative estimate of drug-likeness (QED) is 0.293. The van der Waals surface area contributed by atoms with Crippen LogP contribution in [0, 0.1) is 0 Å². The lowest BCUT2D eigenvalue weighted by Crippen LogP contribution is -2.71. The van der Waals surface area contributed by atoms with Gasteiger partial charge in [0.1, 0.15) is 6.04 Å². The number of hydrogen-bond acceptors (Lipinski definition) is 5. The number of carbonyl (C=O) groups is 4. The van der Waals surface area contributed by atoms with E-state index in [2.05, 4.69) is 0 Å². The first kappa shape index (κ1) is 23.2. The molecule has 2 aliphatic heterocycles. The van der Waals surface area contributed by atoms with E-state index < -0.39 is 29.9 Å². The summed E-state index contributed by atoms with van der Waals surface area (Å²) in [6.07, 6.45) is 4.16. The van der Waals surface area contributed by atoms with E-state index in [1.54, 1.807) is 41.3 Å². The highest BCUT2D eigenvalue weighted by molar-refractivity contribution is 6.23. The minimum atomic E-state index is -0.923. The van der Waals surface area contributed by atoms with E-state index in [4.69, 9.17) is 4.74 Å². The van der Waals surface area contributed by atoms with Crippen LogP contribution in [-0.2, 0) is 16.0 Å². The van der Waals surface area contributed by atoms with Crippen LogP contribution in [0.1, 0.15) is 42.2 Å². The van der Waals surface area contributed by atoms with Crippen LogP contribution in [0.5, 0.6) is 0 Å². The fourth-order valence-electron chi connectivity index (χ4n) is 4.81. The molecule has 0 aliphatic carbocycles. The first-order valence-electron chi connectivity index (χ1n) is 11.7. The number of imide groups is 1. The normalized spacial score (nSPS) is 19.0. The van der Waals surface area contributed by atoms with Crippen molar-refractivity contribution >= 4 is 29.8 Å². The van der Waals surface area contributed by atoms with Crippen molar-refractivity contribution in [3.63, 3.8) is 0 Å². The average molecular weight is 481 g/mol. The number of amides is 3. The Kier molecular flexibility index (Phi) is 6.21. The van der Waals surface area contributed by atoms with Crippen LogP contribution in [-0.4, -0.2) is 59.2 Å². The van der Waals surface area contributed by atoms with Crippen LogP contribution in [0.25, 0.3) is 6.08 Å². The van der Waals surface area contributed by atoms with Crippen molar-refractivity contribution in [1.82, 2.24) is 9.80 Å². The second kappa shape index (κ2) is 9.62. The minimum Gasteiger partial charge on any atom is -0.465 e. The zero-order chi connectivity index (χ0) is 25.2. The summed E-state index contributed by atoms with van der Waals surface area (Å²) in [5, 5.41) is 0. The maximum Gasteiger partial charge on any atom is 0.338 e. The van der Waals surface area contributed by atoms with Gasteiger partial charge in [0.15, 0.2) is 0 Å². The molecule has 2 atom stereocenters. The smallest absolute Gasteiger partial charge is 0.338 e. The van der Waals surface area contributed by atoms with Gasteiger partial charge in [0.25, 0.3) is 11.8 Å². The minimum absolute atomic E-state index is 0.303. The van der Waals surface area contributed by atoms with E-state index in [1.165, 1.54) is 7.11 Å². The van der Waals surface area contributed by atoms with Crippen molar-refractivity contribution < 1.29 is 23.9 Å². The number of ether oxygens (including phenoxy) is 1. The van der Waals surface area contributed by atoms with E-state index in [1.807, 2.05) is 54.6 Å². The third kappa shape index (κ3) is 3.98. The molecule has 0 N–H and O–H groups in total. The summed E-state index contributed by atoms with van der Waals surface area (Å²) in [6.45, 7) is 0.316. The molecule has 7 nitrogen and oxygen atoms in total. The Morgan fingerprint density at radius 3 is 2.14 bits per heavy atom. The molecule has 1 fully saturated rings. The number of methoxy groups -OCH3 is 1. The maximum absolute atomic E-state index is 13.4. The molecule has 3 aromatic rings. The van der Waals surface area contributed by atoms with Gasteiger partial charge in [0.2, 0.25) is 5.91 Å². The molecule has 36 heavy (non-hydrogen) atoms. The zero-order valence-corrected chi connectivity index (χ0v) is 19.7. The Balaban J connectivity index is 1.42. The number of benzene rings is 3. The molecule has 0 bridgehead atoms. The van der Waals surface area contributed by atoms with Crippen LogP contribution < -0.4 is 0 Å². The standard InChI is InChI=1S/C29H24N2O5/c1-36-29(35)21-12-6-5-11-20(21)17-18-30-24(16-15-19-9-3-2-4-10-19)25(28(30)34)31-26(32)22-13-7-8-14-23(22)27(31)33/h2-16,24-25H,17-18H2,1H3. The zero-order valence-electron chi connectivity index (χ0n) is 19.7. The Morgan fingerprint density at radius 2 is 1.47 bits per heavy atom. The van der Waals surface area contributed by atoms with Gasteiger partial charge in [0.05, 0.1) is 29.8 Å². The lowest BCUT2D eigenvalue weighted by molar-refractivity contribution is -0.152. The maximum atomic E-state index is 13.4. The molecule has 1 saturated heterocycles. The first-order valence-corrected chi connectivity index (χ1v) is 11.7. The van der Waals surface area contributed by atoms with Crippen molar-refractivity contribution in [3.8, 4) is 0 Å². The van der Waals surface area contributed by atoms with Crippen molar-refractivity contribution in [2.75, 3.05) is 13.7 Å². The highest BCUT2D eigenvalue weighted by atomic mass is 16.5. The van der Waals surface area contributed by atoms with Crippen molar-refractivity contribution in [3.05, 3.63) is 113 Å². The van der Waals surface area contributed by atoms with Crippen LogP contribution in [0.15, 0.2) is 84.9 Å². The summed E-state index contributed by atoms with van der Waals surface area (Å²) < 4.78 is 4.88. The predicted octanol–water partition coefficient (Wildman–Crippen LogP) is 3.60. The number of likely N-dealkylation sites (tertiary alicyclic amines) is 1. The summed E-state index contributed by atoms with van der Waals surface area (Å²) in [5.41, 5.74) is 2.76. The molecule has 7 heteroatoms. The highest BCUT2D eigenvalue weighted by Crippen LogP contribution is 2.34. The van der Waals surface area contributed by atoms with Gasteiger partial charge in [-0.1, -0.05) is 72.8 Å². The summed E-state index contributed by atoms with van der Waals surface area (Å²) in [4.78, 5) is 54.5. The predicted molar refractivity (Wildman–Crippen MR) is 133 cm³/mol. The van der Waals surface area contributed by atoms with E-state index in [9.17, 15) is 19.2 Å². The molecule has 3 amide bonds. The summed E-state index contributed by atoms with van der Waals surface area (Å²) in [5.74, 6) is -1.65. The Bertz CT molecular complexity index is 1350. The third-order valence-electron chi connectivity index (χ3n) is 6.65. The molecule has 0 saturated carbocycles. The molecule has 5 rings (SSSR count). The number of carbonyl (C=O) groups excluding carboxylic acids is 4. The average Bonchev–Trinajstić information content (AvgIpc) is 3.16. The second-order valence-electron chi connectivity index (χ2n) is 8.66. The van der Waals surface area contributed by atoms with Crippen molar-refractivity contribution in [2.45, 2.75) is 18.5 Å². The van der Waals surface area contributed by atoms with Gasteiger partial charge < -0.3 is 9.64 Å². The number of esters is 1. The van der Waals surface area contributed by atoms with Gasteiger partial charge in [-0.3, -0.25) is 19.3 Å². The van der Waals surface area contributed by atoms with E-state index in [-0.39, 0.29) is 5.91 Å².